The predicted octanol–water partition coefficient (Wildman–Crippen LogP) is 3.30. The van der Waals surface area contributed by atoms with Crippen LogP contribution in [-0.4, -0.2) is 29.2 Å². The maximum atomic E-state index is 5.48. The molecule has 0 atom stereocenters. The molecule has 5 heteroatoms. The van der Waals surface area contributed by atoms with Gasteiger partial charge in [0.2, 0.25) is 0 Å². The molecule has 1 aromatic heterocycles. The van der Waals surface area contributed by atoms with Gasteiger partial charge in [-0.1, -0.05) is 19.3 Å². The zero-order chi connectivity index (χ0) is 14.5. The summed E-state index contributed by atoms with van der Waals surface area (Å²) in [5.74, 6) is 0. The molecule has 114 valence electrons. The molecular weight excluding hydrogens is 280 g/mol. The average Bonchev–Trinajstić information content (AvgIpc) is 3.03. The number of nitrogens with zero attached hydrogens (tertiary/aromatic N) is 2. The van der Waals surface area contributed by atoms with Gasteiger partial charge in [0, 0.05) is 25.3 Å². The Labute approximate surface area is 132 Å². The minimum Gasteiger partial charge on any atom is -0.370 e. The first-order valence-corrected chi connectivity index (χ1v) is 8.50. The second-order valence-corrected chi connectivity index (χ2v) is 6.43. The minimum absolute atomic E-state index is 0.533. The number of hydrogen-bond donors (Lipinski definition) is 2. The van der Waals surface area contributed by atoms with Crippen molar-refractivity contribution >= 4 is 28.7 Å². The van der Waals surface area contributed by atoms with Crippen LogP contribution in [0.1, 0.15) is 44.9 Å². The van der Waals surface area contributed by atoms with Crippen molar-refractivity contribution in [3.8, 4) is 0 Å². The lowest BCUT2D eigenvalue weighted by molar-refractivity contribution is 0.415. The van der Waals surface area contributed by atoms with Crippen molar-refractivity contribution in [3.05, 3.63) is 18.5 Å². The van der Waals surface area contributed by atoms with Gasteiger partial charge < -0.3 is 15.5 Å². The van der Waals surface area contributed by atoms with E-state index in [4.69, 9.17) is 12.2 Å². The van der Waals surface area contributed by atoms with E-state index in [1.165, 1.54) is 50.6 Å². The van der Waals surface area contributed by atoms with Crippen LogP contribution in [0.5, 0.6) is 0 Å². The summed E-state index contributed by atoms with van der Waals surface area (Å²) < 4.78 is 0. The van der Waals surface area contributed by atoms with Crippen molar-refractivity contribution in [1.29, 1.82) is 0 Å². The normalized spacial score (nSPS) is 19.5. The zero-order valence-corrected chi connectivity index (χ0v) is 13.3. The molecule has 0 aromatic carbocycles. The van der Waals surface area contributed by atoms with E-state index in [1.54, 1.807) is 0 Å². The van der Waals surface area contributed by atoms with Crippen LogP contribution in [0.2, 0.25) is 0 Å². The Morgan fingerprint density at radius 1 is 1.14 bits per heavy atom. The summed E-state index contributed by atoms with van der Waals surface area (Å²) in [5.41, 5.74) is 2.24. The lowest BCUT2D eigenvalue weighted by Gasteiger charge is -2.26. The van der Waals surface area contributed by atoms with Gasteiger partial charge in [0.25, 0.3) is 0 Å². The lowest BCUT2D eigenvalue weighted by Crippen LogP contribution is -2.39. The van der Waals surface area contributed by atoms with Crippen LogP contribution in [-0.2, 0) is 0 Å². The van der Waals surface area contributed by atoms with E-state index < -0.39 is 0 Å². The first-order valence-electron chi connectivity index (χ1n) is 8.09. The fourth-order valence-corrected chi connectivity index (χ4v) is 3.58. The first kappa shape index (κ1) is 14.6. The Hall–Kier alpha value is -1.36. The molecule has 1 aromatic rings. The van der Waals surface area contributed by atoms with E-state index >= 15 is 0 Å². The highest BCUT2D eigenvalue weighted by molar-refractivity contribution is 7.80. The van der Waals surface area contributed by atoms with Crippen molar-refractivity contribution in [1.82, 2.24) is 10.3 Å². The number of rotatable bonds is 3. The van der Waals surface area contributed by atoms with Crippen LogP contribution in [0.15, 0.2) is 18.5 Å². The summed E-state index contributed by atoms with van der Waals surface area (Å²) in [7, 11) is 0. The molecule has 2 aliphatic rings. The molecule has 0 radical (unpaired) electrons. The van der Waals surface area contributed by atoms with E-state index in [2.05, 4.69) is 26.6 Å². The number of aromatic nitrogens is 1. The monoisotopic (exact) mass is 304 g/mol. The SMILES string of the molecule is S=C(Nc1cnccc1N1CCCC1)NC1CCCCC1. The van der Waals surface area contributed by atoms with Gasteiger partial charge in [-0.3, -0.25) is 4.98 Å². The number of nitrogens with one attached hydrogen (secondary N) is 2. The summed E-state index contributed by atoms with van der Waals surface area (Å²) in [5, 5.41) is 7.54. The van der Waals surface area contributed by atoms with Gasteiger partial charge in [0.15, 0.2) is 5.11 Å². The fourth-order valence-electron chi connectivity index (χ4n) is 3.31. The van der Waals surface area contributed by atoms with E-state index in [1.807, 2.05) is 12.4 Å². The molecule has 3 rings (SSSR count). The smallest absolute Gasteiger partial charge is 0.171 e. The summed E-state index contributed by atoms with van der Waals surface area (Å²) in [6.07, 6.45) is 12.7. The molecule has 1 saturated heterocycles. The van der Waals surface area contributed by atoms with Gasteiger partial charge in [0.1, 0.15) is 0 Å². The molecule has 2 fully saturated rings. The Morgan fingerprint density at radius 2 is 1.90 bits per heavy atom. The molecule has 1 aliphatic heterocycles. The molecule has 0 spiro atoms. The summed E-state index contributed by atoms with van der Waals surface area (Å²) in [4.78, 5) is 6.65. The number of pyridine rings is 1. The van der Waals surface area contributed by atoms with Crippen LogP contribution in [0.25, 0.3) is 0 Å². The molecule has 2 N–H and O–H groups in total. The van der Waals surface area contributed by atoms with Gasteiger partial charge >= 0.3 is 0 Å². The predicted molar refractivity (Wildman–Crippen MR) is 91.9 cm³/mol. The first-order chi connectivity index (χ1) is 10.3. The molecule has 0 amide bonds. The molecule has 2 heterocycles. The minimum atomic E-state index is 0.533. The number of hydrogen-bond acceptors (Lipinski definition) is 3. The van der Waals surface area contributed by atoms with E-state index in [0.29, 0.717) is 6.04 Å². The van der Waals surface area contributed by atoms with Crippen LogP contribution in [0.3, 0.4) is 0 Å². The van der Waals surface area contributed by atoms with Crippen LogP contribution in [0.4, 0.5) is 11.4 Å². The highest BCUT2D eigenvalue weighted by atomic mass is 32.1. The topological polar surface area (TPSA) is 40.2 Å². The third kappa shape index (κ3) is 3.84. The third-order valence-corrected chi connectivity index (χ3v) is 4.65. The van der Waals surface area contributed by atoms with Crippen molar-refractivity contribution in [2.45, 2.75) is 51.0 Å². The number of anilines is 2. The Kier molecular flexibility index (Phi) is 4.91. The van der Waals surface area contributed by atoms with Crippen LogP contribution < -0.4 is 15.5 Å². The summed E-state index contributed by atoms with van der Waals surface area (Å²) >= 11 is 5.48. The Bertz CT molecular complexity index is 479. The standard InChI is InChI=1S/C16H24N4S/c21-16(18-13-6-2-1-3-7-13)19-14-12-17-9-8-15(14)20-10-4-5-11-20/h8-9,12-13H,1-7,10-11H2,(H2,18,19,21). The van der Waals surface area contributed by atoms with Crippen molar-refractivity contribution in [2.75, 3.05) is 23.3 Å². The third-order valence-electron chi connectivity index (χ3n) is 4.43. The molecule has 1 aliphatic carbocycles. The molecule has 0 bridgehead atoms. The van der Waals surface area contributed by atoms with Crippen LogP contribution >= 0.6 is 12.2 Å². The second-order valence-electron chi connectivity index (χ2n) is 6.02. The highest BCUT2D eigenvalue weighted by Gasteiger charge is 2.18. The second kappa shape index (κ2) is 7.07. The van der Waals surface area contributed by atoms with Gasteiger partial charge in [-0.2, -0.15) is 0 Å². The van der Waals surface area contributed by atoms with Gasteiger partial charge in [0.05, 0.1) is 17.6 Å². The van der Waals surface area contributed by atoms with Gasteiger partial charge in [-0.25, -0.2) is 0 Å². The highest BCUT2D eigenvalue weighted by Crippen LogP contribution is 2.27. The molecular formula is C16H24N4S. The van der Waals surface area contributed by atoms with Gasteiger partial charge in [-0.05, 0) is 44.0 Å². The lowest BCUT2D eigenvalue weighted by atomic mass is 9.96. The van der Waals surface area contributed by atoms with Crippen LogP contribution in [0, 0.1) is 0 Å². The summed E-state index contributed by atoms with van der Waals surface area (Å²) in [6, 6.07) is 2.61. The van der Waals surface area contributed by atoms with Crippen molar-refractivity contribution < 1.29 is 0 Å². The van der Waals surface area contributed by atoms with E-state index in [9.17, 15) is 0 Å². The molecule has 1 saturated carbocycles. The molecule has 21 heavy (non-hydrogen) atoms. The maximum Gasteiger partial charge on any atom is 0.171 e. The maximum absolute atomic E-state index is 5.48. The van der Waals surface area contributed by atoms with E-state index in [-0.39, 0.29) is 0 Å². The largest absolute Gasteiger partial charge is 0.370 e. The summed E-state index contributed by atoms with van der Waals surface area (Å²) in [6.45, 7) is 2.25. The molecule has 4 nitrogen and oxygen atoms in total. The molecule has 0 unspecified atom stereocenters. The Morgan fingerprint density at radius 3 is 2.67 bits per heavy atom. The Balaban J connectivity index is 1.62. The van der Waals surface area contributed by atoms with Gasteiger partial charge in [-0.15, -0.1) is 0 Å². The number of thiocarbonyl (C=S) groups is 1. The zero-order valence-electron chi connectivity index (χ0n) is 12.5. The average molecular weight is 304 g/mol. The quantitative estimate of drug-likeness (QED) is 0.839. The van der Waals surface area contributed by atoms with Crippen molar-refractivity contribution in [3.63, 3.8) is 0 Å². The van der Waals surface area contributed by atoms with Crippen molar-refractivity contribution in [2.24, 2.45) is 0 Å². The fraction of sp³-hybridized carbons (Fsp3) is 0.625. The van der Waals surface area contributed by atoms with E-state index in [0.717, 1.165) is 23.9 Å².